The van der Waals surface area contributed by atoms with Crippen LogP contribution in [-0.4, -0.2) is 20.1 Å². The third-order valence-corrected chi connectivity index (χ3v) is 3.84. The monoisotopic (exact) mass is 369 g/mol. The fourth-order valence-electron chi connectivity index (χ4n) is 1.91. The normalized spacial score (nSPS) is 10.7. The van der Waals surface area contributed by atoms with Crippen molar-refractivity contribution >= 4 is 40.9 Å². The average molecular weight is 370 g/mol. The quantitative estimate of drug-likeness (QED) is 0.769. The Morgan fingerprint density at radius 2 is 1.75 bits per heavy atom. The van der Waals surface area contributed by atoms with Crippen molar-refractivity contribution in [2.75, 3.05) is 19.5 Å². The lowest BCUT2D eigenvalue weighted by Crippen LogP contribution is -2.09. The molecule has 0 aliphatic rings. The van der Waals surface area contributed by atoms with Crippen LogP contribution in [0.2, 0.25) is 10.0 Å². The Balaban J connectivity index is 2.14. The van der Waals surface area contributed by atoms with Crippen molar-refractivity contribution in [2.45, 2.75) is 0 Å². The zero-order valence-corrected chi connectivity index (χ0v) is 14.4. The Morgan fingerprint density at radius 1 is 1.08 bits per heavy atom. The van der Waals surface area contributed by atoms with Crippen LogP contribution in [0.15, 0.2) is 36.4 Å². The maximum atomic E-state index is 14.0. The highest BCUT2D eigenvalue weighted by molar-refractivity contribution is 6.42. The van der Waals surface area contributed by atoms with Crippen LogP contribution in [0.3, 0.4) is 0 Å². The smallest absolute Gasteiger partial charge is 0.248 e. The predicted molar refractivity (Wildman–Crippen MR) is 93.6 cm³/mol. The molecule has 0 aromatic heterocycles. The summed E-state index contributed by atoms with van der Waals surface area (Å²) in [4.78, 5) is 11.9. The Morgan fingerprint density at radius 3 is 2.38 bits per heavy atom. The van der Waals surface area contributed by atoms with Crippen molar-refractivity contribution in [1.82, 2.24) is 0 Å². The summed E-state index contributed by atoms with van der Waals surface area (Å²) in [5.74, 6) is -0.599. The van der Waals surface area contributed by atoms with E-state index >= 15 is 0 Å². The number of methoxy groups -OCH3 is 2. The zero-order chi connectivity index (χ0) is 17.7. The maximum Gasteiger partial charge on any atom is 0.248 e. The summed E-state index contributed by atoms with van der Waals surface area (Å²) in [7, 11) is 2.82. The van der Waals surface area contributed by atoms with Crippen LogP contribution < -0.4 is 14.8 Å². The van der Waals surface area contributed by atoms with Crippen LogP contribution in [0.5, 0.6) is 11.5 Å². The molecule has 0 radical (unpaired) electrons. The molecule has 0 atom stereocenters. The fourth-order valence-corrected chi connectivity index (χ4v) is 2.22. The van der Waals surface area contributed by atoms with Gasteiger partial charge in [0.15, 0.2) is 17.3 Å². The summed E-state index contributed by atoms with van der Waals surface area (Å²) in [5, 5.41) is 3.24. The minimum atomic E-state index is -0.635. The van der Waals surface area contributed by atoms with Crippen LogP contribution in [-0.2, 0) is 4.79 Å². The lowest BCUT2D eigenvalue weighted by atomic mass is 10.2. The van der Waals surface area contributed by atoms with E-state index in [9.17, 15) is 9.18 Å². The summed E-state index contributed by atoms with van der Waals surface area (Å²) in [6, 6.07) is 7.42. The highest BCUT2D eigenvalue weighted by Crippen LogP contribution is 2.32. The summed E-state index contributed by atoms with van der Waals surface area (Å²) in [6.45, 7) is 0. The Bertz CT molecular complexity index is 794. The molecule has 0 saturated heterocycles. The molecule has 2 aromatic rings. The van der Waals surface area contributed by atoms with Gasteiger partial charge in [-0.2, -0.15) is 0 Å². The molecule has 0 aliphatic carbocycles. The number of rotatable bonds is 5. The van der Waals surface area contributed by atoms with Crippen LogP contribution in [0.4, 0.5) is 10.1 Å². The number of hydrogen-bond acceptors (Lipinski definition) is 3. The highest BCUT2D eigenvalue weighted by atomic mass is 35.5. The van der Waals surface area contributed by atoms with Gasteiger partial charge in [-0.05, 0) is 23.8 Å². The van der Waals surface area contributed by atoms with Gasteiger partial charge in [0.25, 0.3) is 0 Å². The average Bonchev–Trinajstić information content (AvgIpc) is 2.57. The molecule has 7 heteroatoms. The lowest BCUT2D eigenvalue weighted by Gasteiger charge is -2.11. The van der Waals surface area contributed by atoms with E-state index in [4.69, 9.17) is 32.7 Å². The lowest BCUT2D eigenvalue weighted by molar-refractivity contribution is -0.111. The van der Waals surface area contributed by atoms with Crippen molar-refractivity contribution in [3.8, 4) is 11.5 Å². The summed E-state index contributed by atoms with van der Waals surface area (Å²) < 4.78 is 24.0. The van der Waals surface area contributed by atoms with E-state index in [1.54, 1.807) is 18.2 Å². The van der Waals surface area contributed by atoms with E-state index in [2.05, 4.69) is 5.32 Å². The number of nitrogens with one attached hydrogen (secondary N) is 1. The SMILES string of the molecule is COc1cc(F)c(NC(=O)C=Cc2ccc(Cl)c(Cl)c2)cc1OC. The van der Waals surface area contributed by atoms with E-state index in [0.717, 1.165) is 6.07 Å². The molecule has 1 N–H and O–H groups in total. The first-order valence-electron chi connectivity index (χ1n) is 6.80. The number of halogens is 3. The molecule has 2 rings (SSSR count). The van der Waals surface area contributed by atoms with Gasteiger partial charge in [0.1, 0.15) is 0 Å². The second kappa shape index (κ2) is 8.04. The second-order valence-corrected chi connectivity index (χ2v) is 5.50. The Hall–Kier alpha value is -2.24. The number of amides is 1. The minimum absolute atomic E-state index is 0.0172. The van der Waals surface area contributed by atoms with Crippen molar-refractivity contribution in [3.63, 3.8) is 0 Å². The molecule has 0 aliphatic heterocycles. The van der Waals surface area contributed by atoms with Crippen molar-refractivity contribution in [3.05, 3.63) is 57.8 Å². The highest BCUT2D eigenvalue weighted by Gasteiger charge is 2.12. The van der Waals surface area contributed by atoms with E-state index < -0.39 is 11.7 Å². The largest absolute Gasteiger partial charge is 0.493 e. The third kappa shape index (κ3) is 4.40. The molecule has 2 aromatic carbocycles. The van der Waals surface area contributed by atoms with Crippen LogP contribution >= 0.6 is 23.2 Å². The van der Waals surface area contributed by atoms with Gasteiger partial charge in [-0.25, -0.2) is 4.39 Å². The van der Waals surface area contributed by atoms with Gasteiger partial charge in [-0.1, -0.05) is 29.3 Å². The molecule has 4 nitrogen and oxygen atoms in total. The Labute approximate surface area is 148 Å². The topological polar surface area (TPSA) is 47.6 Å². The van der Waals surface area contributed by atoms with E-state index in [0.29, 0.717) is 21.4 Å². The molecule has 0 fully saturated rings. The van der Waals surface area contributed by atoms with E-state index in [1.165, 1.54) is 32.4 Å². The first-order valence-corrected chi connectivity index (χ1v) is 7.56. The van der Waals surface area contributed by atoms with E-state index in [1.807, 2.05) is 0 Å². The van der Waals surface area contributed by atoms with E-state index in [-0.39, 0.29) is 11.4 Å². The van der Waals surface area contributed by atoms with Gasteiger partial charge in [0.2, 0.25) is 5.91 Å². The molecule has 0 unspecified atom stereocenters. The van der Waals surface area contributed by atoms with Crippen molar-refractivity contribution < 1.29 is 18.7 Å². The van der Waals surface area contributed by atoms with Gasteiger partial charge < -0.3 is 14.8 Å². The molecule has 0 heterocycles. The second-order valence-electron chi connectivity index (χ2n) is 4.68. The number of anilines is 1. The molecular weight excluding hydrogens is 356 g/mol. The maximum absolute atomic E-state index is 14.0. The molecule has 24 heavy (non-hydrogen) atoms. The number of carbonyl (C=O) groups is 1. The van der Waals surface area contributed by atoms with Gasteiger partial charge in [0.05, 0.1) is 30.0 Å². The van der Waals surface area contributed by atoms with Gasteiger partial charge in [-0.3, -0.25) is 4.79 Å². The minimum Gasteiger partial charge on any atom is -0.493 e. The van der Waals surface area contributed by atoms with Crippen LogP contribution in [0.1, 0.15) is 5.56 Å². The Kier molecular flexibility index (Phi) is 6.06. The number of carbonyl (C=O) groups excluding carboxylic acids is 1. The zero-order valence-electron chi connectivity index (χ0n) is 12.9. The molecule has 0 saturated carbocycles. The number of benzene rings is 2. The number of hydrogen-bond donors (Lipinski definition) is 1. The van der Waals surface area contributed by atoms with Gasteiger partial charge in [-0.15, -0.1) is 0 Å². The predicted octanol–water partition coefficient (Wildman–Crippen LogP) is 4.80. The van der Waals surface area contributed by atoms with Gasteiger partial charge in [0, 0.05) is 18.2 Å². The molecule has 0 spiro atoms. The summed E-state index contributed by atoms with van der Waals surface area (Å²) in [6.07, 6.45) is 2.80. The molecular formula is C17H14Cl2FNO3. The summed E-state index contributed by atoms with van der Waals surface area (Å²) in [5.41, 5.74) is 0.670. The van der Waals surface area contributed by atoms with Crippen molar-refractivity contribution in [1.29, 1.82) is 0 Å². The molecule has 126 valence electrons. The van der Waals surface area contributed by atoms with Gasteiger partial charge >= 0.3 is 0 Å². The molecule has 1 amide bonds. The number of ether oxygens (including phenoxy) is 2. The molecule has 0 bridgehead atoms. The van der Waals surface area contributed by atoms with Crippen LogP contribution in [0, 0.1) is 5.82 Å². The van der Waals surface area contributed by atoms with Crippen LogP contribution in [0.25, 0.3) is 6.08 Å². The standard InChI is InChI=1S/C17H14Cl2FNO3/c1-23-15-8-13(20)14(9-16(15)24-2)21-17(22)6-4-10-3-5-11(18)12(19)7-10/h3-9H,1-2H3,(H,21,22). The summed E-state index contributed by atoms with van der Waals surface area (Å²) >= 11 is 11.7. The van der Waals surface area contributed by atoms with Crippen molar-refractivity contribution in [2.24, 2.45) is 0 Å². The fraction of sp³-hybridized carbons (Fsp3) is 0.118. The first-order chi connectivity index (χ1) is 11.4. The first kappa shape index (κ1) is 18.1. The third-order valence-electron chi connectivity index (χ3n) is 3.10.